The van der Waals surface area contributed by atoms with E-state index in [-0.39, 0.29) is 0 Å². The van der Waals surface area contributed by atoms with Crippen LogP contribution >= 0.6 is 11.6 Å². The van der Waals surface area contributed by atoms with Gasteiger partial charge in [-0.05, 0) is 51.5 Å². The maximum atomic E-state index is 6.49. The van der Waals surface area contributed by atoms with Gasteiger partial charge in [0.25, 0.3) is 0 Å². The SMILES string of the molecule is CCCNC(c1c(Cl)cnn1C(C)C)C1CCC(C)CC1. The van der Waals surface area contributed by atoms with Gasteiger partial charge in [0.15, 0.2) is 0 Å². The molecule has 120 valence electrons. The van der Waals surface area contributed by atoms with Crippen molar-refractivity contribution in [1.82, 2.24) is 15.1 Å². The molecule has 2 rings (SSSR count). The third-order valence-electron chi connectivity index (χ3n) is 4.72. The number of hydrogen-bond donors (Lipinski definition) is 1. The zero-order chi connectivity index (χ0) is 15.4. The molecule has 1 heterocycles. The summed E-state index contributed by atoms with van der Waals surface area (Å²) in [6.45, 7) is 9.97. The summed E-state index contributed by atoms with van der Waals surface area (Å²) in [5.74, 6) is 1.55. The molecule has 1 fully saturated rings. The average Bonchev–Trinajstić information content (AvgIpc) is 2.83. The highest BCUT2D eigenvalue weighted by molar-refractivity contribution is 6.31. The summed E-state index contributed by atoms with van der Waals surface area (Å²) in [6.07, 6.45) is 8.21. The van der Waals surface area contributed by atoms with Crippen molar-refractivity contribution in [2.24, 2.45) is 11.8 Å². The van der Waals surface area contributed by atoms with Gasteiger partial charge >= 0.3 is 0 Å². The molecule has 3 nitrogen and oxygen atoms in total. The molecule has 0 bridgehead atoms. The molecule has 0 spiro atoms. The molecule has 1 aliphatic rings. The van der Waals surface area contributed by atoms with E-state index in [1.165, 1.54) is 31.4 Å². The smallest absolute Gasteiger partial charge is 0.0834 e. The topological polar surface area (TPSA) is 29.9 Å². The Bertz CT molecular complexity index is 433. The normalized spacial score (nSPS) is 24.5. The van der Waals surface area contributed by atoms with E-state index < -0.39 is 0 Å². The van der Waals surface area contributed by atoms with Crippen LogP contribution in [0.5, 0.6) is 0 Å². The van der Waals surface area contributed by atoms with Crippen molar-refractivity contribution < 1.29 is 0 Å². The predicted octanol–water partition coefficient (Wildman–Crippen LogP) is 4.98. The van der Waals surface area contributed by atoms with Gasteiger partial charge in [0.1, 0.15) is 0 Å². The van der Waals surface area contributed by atoms with E-state index in [4.69, 9.17) is 11.6 Å². The first-order valence-electron chi connectivity index (χ1n) is 8.50. The average molecular weight is 312 g/mol. The summed E-state index contributed by atoms with van der Waals surface area (Å²) in [6, 6.07) is 0.691. The van der Waals surface area contributed by atoms with Crippen molar-refractivity contribution >= 4 is 11.6 Å². The second-order valence-corrected chi connectivity index (χ2v) is 7.28. The fraction of sp³-hybridized carbons (Fsp3) is 0.824. The van der Waals surface area contributed by atoms with Gasteiger partial charge in [-0.1, -0.05) is 38.3 Å². The summed E-state index contributed by atoms with van der Waals surface area (Å²) in [5.41, 5.74) is 1.19. The molecule has 1 N–H and O–H groups in total. The third-order valence-corrected chi connectivity index (χ3v) is 5.01. The van der Waals surface area contributed by atoms with Gasteiger partial charge < -0.3 is 5.32 Å². The van der Waals surface area contributed by atoms with Crippen LogP contribution < -0.4 is 5.32 Å². The number of halogens is 1. The van der Waals surface area contributed by atoms with E-state index in [0.717, 1.165) is 23.9 Å². The Balaban J connectivity index is 2.25. The van der Waals surface area contributed by atoms with Crippen molar-refractivity contribution in [3.05, 3.63) is 16.9 Å². The molecule has 0 aliphatic heterocycles. The Morgan fingerprint density at radius 2 is 2.00 bits per heavy atom. The van der Waals surface area contributed by atoms with E-state index in [0.29, 0.717) is 18.0 Å². The number of nitrogens with one attached hydrogen (secondary N) is 1. The quantitative estimate of drug-likeness (QED) is 0.802. The zero-order valence-electron chi connectivity index (χ0n) is 13.9. The standard InChI is InChI=1S/C17H30ClN3/c1-5-10-19-16(14-8-6-13(4)7-9-14)17-15(18)11-20-21(17)12(2)3/h11-14,16,19H,5-10H2,1-4H3. The molecule has 1 aliphatic carbocycles. The highest BCUT2D eigenvalue weighted by Crippen LogP contribution is 2.39. The first kappa shape index (κ1) is 16.8. The Morgan fingerprint density at radius 3 is 2.57 bits per heavy atom. The van der Waals surface area contributed by atoms with Crippen LogP contribution in [-0.4, -0.2) is 16.3 Å². The molecule has 1 aromatic heterocycles. The summed E-state index contributed by atoms with van der Waals surface area (Å²) in [4.78, 5) is 0. The second kappa shape index (κ2) is 7.64. The summed E-state index contributed by atoms with van der Waals surface area (Å²) in [7, 11) is 0. The van der Waals surface area contributed by atoms with Crippen LogP contribution in [0.3, 0.4) is 0 Å². The Hall–Kier alpha value is -0.540. The molecule has 1 saturated carbocycles. The van der Waals surface area contributed by atoms with Gasteiger partial charge in [-0.15, -0.1) is 0 Å². The molecule has 4 heteroatoms. The minimum atomic E-state index is 0.342. The molecule has 0 amide bonds. The molecule has 21 heavy (non-hydrogen) atoms. The van der Waals surface area contributed by atoms with E-state index in [9.17, 15) is 0 Å². The van der Waals surface area contributed by atoms with Crippen molar-refractivity contribution in [2.45, 2.75) is 71.9 Å². The first-order valence-corrected chi connectivity index (χ1v) is 8.88. The lowest BCUT2D eigenvalue weighted by Crippen LogP contribution is -2.33. The summed E-state index contributed by atoms with van der Waals surface area (Å²) < 4.78 is 2.10. The Kier molecular flexibility index (Phi) is 6.12. The molecular weight excluding hydrogens is 282 g/mol. The molecule has 1 unspecified atom stereocenters. The van der Waals surface area contributed by atoms with E-state index >= 15 is 0 Å². The maximum Gasteiger partial charge on any atom is 0.0834 e. The monoisotopic (exact) mass is 311 g/mol. The van der Waals surface area contributed by atoms with Crippen LogP contribution in [0, 0.1) is 11.8 Å². The van der Waals surface area contributed by atoms with Crippen LogP contribution in [0.1, 0.15) is 77.6 Å². The zero-order valence-corrected chi connectivity index (χ0v) is 14.7. The van der Waals surface area contributed by atoms with Gasteiger partial charge in [-0.3, -0.25) is 4.68 Å². The van der Waals surface area contributed by atoms with Crippen LogP contribution in [0.4, 0.5) is 0 Å². The van der Waals surface area contributed by atoms with E-state index in [1.54, 1.807) is 0 Å². The number of hydrogen-bond acceptors (Lipinski definition) is 2. The van der Waals surface area contributed by atoms with Gasteiger partial charge in [0.05, 0.1) is 23.0 Å². The highest BCUT2D eigenvalue weighted by atomic mass is 35.5. The summed E-state index contributed by atoms with van der Waals surface area (Å²) in [5, 5.41) is 9.06. The van der Waals surface area contributed by atoms with Gasteiger partial charge in [-0.2, -0.15) is 5.10 Å². The van der Waals surface area contributed by atoms with Crippen LogP contribution in [0.15, 0.2) is 6.20 Å². The van der Waals surface area contributed by atoms with E-state index in [1.807, 2.05) is 6.20 Å². The number of aromatic nitrogens is 2. The molecular formula is C17H30ClN3. The lowest BCUT2D eigenvalue weighted by atomic mass is 9.78. The predicted molar refractivity (Wildman–Crippen MR) is 89.8 cm³/mol. The Morgan fingerprint density at radius 1 is 1.33 bits per heavy atom. The van der Waals surface area contributed by atoms with Crippen molar-refractivity contribution in [1.29, 1.82) is 0 Å². The summed E-state index contributed by atoms with van der Waals surface area (Å²) >= 11 is 6.49. The highest BCUT2D eigenvalue weighted by Gasteiger charge is 2.31. The van der Waals surface area contributed by atoms with Crippen molar-refractivity contribution in [2.75, 3.05) is 6.54 Å². The molecule has 1 aromatic rings. The minimum absolute atomic E-state index is 0.342. The second-order valence-electron chi connectivity index (χ2n) is 6.87. The number of rotatable bonds is 6. The Labute approximate surface area is 134 Å². The van der Waals surface area contributed by atoms with E-state index in [2.05, 4.69) is 42.8 Å². The fourth-order valence-corrected chi connectivity index (χ4v) is 3.71. The first-order chi connectivity index (χ1) is 10.0. The molecule has 0 saturated heterocycles. The van der Waals surface area contributed by atoms with Crippen molar-refractivity contribution in [3.63, 3.8) is 0 Å². The van der Waals surface area contributed by atoms with Crippen LogP contribution in [0.2, 0.25) is 5.02 Å². The lowest BCUT2D eigenvalue weighted by molar-refractivity contribution is 0.222. The number of nitrogens with zero attached hydrogens (tertiary/aromatic N) is 2. The third kappa shape index (κ3) is 4.01. The van der Waals surface area contributed by atoms with Gasteiger partial charge in [-0.25, -0.2) is 0 Å². The van der Waals surface area contributed by atoms with Crippen LogP contribution in [0.25, 0.3) is 0 Å². The van der Waals surface area contributed by atoms with Gasteiger partial charge in [0, 0.05) is 6.04 Å². The largest absolute Gasteiger partial charge is 0.308 e. The van der Waals surface area contributed by atoms with Gasteiger partial charge in [0.2, 0.25) is 0 Å². The lowest BCUT2D eigenvalue weighted by Gasteiger charge is -2.34. The molecule has 0 radical (unpaired) electrons. The van der Waals surface area contributed by atoms with Crippen LogP contribution in [-0.2, 0) is 0 Å². The van der Waals surface area contributed by atoms with Crippen molar-refractivity contribution in [3.8, 4) is 0 Å². The molecule has 1 atom stereocenters. The molecule has 0 aromatic carbocycles. The minimum Gasteiger partial charge on any atom is -0.308 e. The fourth-order valence-electron chi connectivity index (χ4n) is 3.46. The maximum absolute atomic E-state index is 6.49.